The van der Waals surface area contributed by atoms with Crippen LogP contribution in [0, 0.1) is 25.2 Å². The molecule has 1 N–H and O–H groups in total. The molecule has 6 nitrogen and oxygen atoms in total. The number of likely N-dealkylation sites (tertiary alicyclic amines) is 2. The van der Waals surface area contributed by atoms with Gasteiger partial charge in [0.05, 0.1) is 5.69 Å². The molecule has 0 radical (unpaired) electrons. The lowest BCUT2D eigenvalue weighted by Crippen LogP contribution is -2.47. The highest BCUT2D eigenvalue weighted by Crippen LogP contribution is 2.47. The lowest BCUT2D eigenvalue weighted by Gasteiger charge is -2.43. The first-order valence-electron chi connectivity index (χ1n) is 9.61. The molecular formula is C19H29N3O3. The van der Waals surface area contributed by atoms with Crippen molar-refractivity contribution in [2.24, 2.45) is 11.3 Å². The van der Waals surface area contributed by atoms with Gasteiger partial charge in [-0.15, -0.1) is 0 Å². The summed E-state index contributed by atoms with van der Waals surface area (Å²) in [5.74, 6) is 0.998. The third kappa shape index (κ3) is 2.79. The van der Waals surface area contributed by atoms with Crippen molar-refractivity contribution in [3.8, 4) is 0 Å². The van der Waals surface area contributed by atoms with Crippen LogP contribution in [0.2, 0.25) is 0 Å². The molecule has 1 spiro atoms. The molecule has 0 bridgehead atoms. The molecule has 2 saturated heterocycles. The first-order valence-corrected chi connectivity index (χ1v) is 9.61. The summed E-state index contributed by atoms with van der Waals surface area (Å²) in [7, 11) is 0. The molecule has 1 aromatic heterocycles. The van der Waals surface area contributed by atoms with E-state index in [9.17, 15) is 9.90 Å². The highest BCUT2D eigenvalue weighted by molar-refractivity contribution is 5.96. The summed E-state index contributed by atoms with van der Waals surface area (Å²) in [6, 6.07) is 0.732. The monoisotopic (exact) mass is 347 g/mol. The molecule has 25 heavy (non-hydrogen) atoms. The molecule has 2 aliphatic heterocycles. The number of aromatic nitrogens is 1. The number of aliphatic hydroxyl groups excluding tert-OH is 1. The lowest BCUT2D eigenvalue weighted by molar-refractivity contribution is 0.0384. The van der Waals surface area contributed by atoms with Crippen LogP contribution in [0.15, 0.2) is 4.52 Å². The maximum absolute atomic E-state index is 12.9. The van der Waals surface area contributed by atoms with Crippen LogP contribution in [-0.2, 0) is 0 Å². The zero-order valence-electron chi connectivity index (χ0n) is 15.3. The van der Waals surface area contributed by atoms with Crippen molar-refractivity contribution in [1.82, 2.24) is 15.0 Å². The Labute approximate surface area is 149 Å². The molecule has 3 aliphatic rings. The standard InChI is InChI=1S/C19H29N3O3/c1-13-17(14(2)25-20-13)18(24)21-8-6-19(7-9-21)12-22(10-15(19)11-23)16-4-3-5-16/h15-16,23H,3-12H2,1-2H3. The average molecular weight is 347 g/mol. The summed E-state index contributed by atoms with van der Waals surface area (Å²) in [5.41, 5.74) is 1.48. The number of amides is 1. The molecule has 1 atom stereocenters. The zero-order chi connectivity index (χ0) is 17.6. The zero-order valence-corrected chi connectivity index (χ0v) is 15.3. The van der Waals surface area contributed by atoms with E-state index in [4.69, 9.17) is 4.52 Å². The number of aryl methyl sites for hydroxylation is 2. The van der Waals surface area contributed by atoms with Gasteiger partial charge in [0.1, 0.15) is 11.3 Å². The first kappa shape index (κ1) is 17.0. The van der Waals surface area contributed by atoms with E-state index in [0.717, 1.165) is 45.1 Å². The second-order valence-corrected chi connectivity index (χ2v) is 8.25. The Morgan fingerprint density at radius 1 is 1.32 bits per heavy atom. The van der Waals surface area contributed by atoms with Gasteiger partial charge in [-0.2, -0.15) is 0 Å². The van der Waals surface area contributed by atoms with Gasteiger partial charge in [0, 0.05) is 44.7 Å². The molecule has 1 unspecified atom stereocenters. The lowest BCUT2D eigenvalue weighted by atomic mass is 9.71. The Hall–Kier alpha value is -1.40. The number of hydrogen-bond donors (Lipinski definition) is 1. The molecule has 6 heteroatoms. The second kappa shape index (κ2) is 6.40. The number of aliphatic hydroxyl groups is 1. The Morgan fingerprint density at radius 3 is 2.56 bits per heavy atom. The summed E-state index contributed by atoms with van der Waals surface area (Å²) in [6.45, 7) is 7.53. The Kier molecular flexibility index (Phi) is 4.36. The normalized spacial score (nSPS) is 27.0. The number of rotatable bonds is 3. The molecule has 1 aliphatic carbocycles. The third-order valence-corrected chi connectivity index (χ3v) is 6.94. The van der Waals surface area contributed by atoms with Crippen LogP contribution in [0.4, 0.5) is 0 Å². The van der Waals surface area contributed by atoms with Crippen molar-refractivity contribution in [2.45, 2.75) is 52.0 Å². The van der Waals surface area contributed by atoms with Gasteiger partial charge in [-0.3, -0.25) is 9.69 Å². The molecule has 3 fully saturated rings. The van der Waals surface area contributed by atoms with E-state index in [-0.39, 0.29) is 17.9 Å². The molecular weight excluding hydrogens is 318 g/mol. The van der Waals surface area contributed by atoms with Crippen LogP contribution in [0.25, 0.3) is 0 Å². The maximum Gasteiger partial charge on any atom is 0.259 e. The van der Waals surface area contributed by atoms with E-state index < -0.39 is 0 Å². The Balaban J connectivity index is 1.44. The van der Waals surface area contributed by atoms with Gasteiger partial charge in [0.25, 0.3) is 5.91 Å². The molecule has 1 saturated carbocycles. The van der Waals surface area contributed by atoms with Crippen LogP contribution < -0.4 is 0 Å². The molecule has 0 aromatic carbocycles. The Bertz CT molecular complexity index is 625. The van der Waals surface area contributed by atoms with Crippen LogP contribution >= 0.6 is 0 Å². The van der Waals surface area contributed by atoms with Crippen molar-refractivity contribution in [3.63, 3.8) is 0 Å². The van der Waals surface area contributed by atoms with E-state index in [2.05, 4.69) is 10.1 Å². The number of nitrogens with zero attached hydrogens (tertiary/aromatic N) is 3. The summed E-state index contributed by atoms with van der Waals surface area (Å²) in [4.78, 5) is 17.4. The van der Waals surface area contributed by atoms with Crippen LogP contribution in [-0.4, -0.2) is 64.8 Å². The molecule has 1 aromatic rings. The smallest absolute Gasteiger partial charge is 0.259 e. The summed E-state index contributed by atoms with van der Waals surface area (Å²) < 4.78 is 5.16. The third-order valence-electron chi connectivity index (χ3n) is 6.94. The number of carbonyl (C=O) groups is 1. The summed E-state index contributed by atoms with van der Waals surface area (Å²) in [5, 5.41) is 13.9. The molecule has 1 amide bonds. The molecule has 138 valence electrons. The minimum Gasteiger partial charge on any atom is -0.396 e. The first-order chi connectivity index (χ1) is 12.0. The number of carbonyl (C=O) groups excluding carboxylic acids is 1. The predicted octanol–water partition coefficient (Wildman–Crippen LogP) is 1.99. The van der Waals surface area contributed by atoms with E-state index in [1.807, 2.05) is 11.8 Å². The highest BCUT2D eigenvalue weighted by atomic mass is 16.5. The average Bonchev–Trinajstić information content (AvgIpc) is 3.06. The van der Waals surface area contributed by atoms with Crippen molar-refractivity contribution >= 4 is 5.91 Å². The fourth-order valence-electron chi connectivity index (χ4n) is 5.02. The SMILES string of the molecule is Cc1noc(C)c1C(=O)N1CCC2(CC1)CN(C1CCC1)CC2CO. The molecule has 4 rings (SSSR count). The van der Waals surface area contributed by atoms with Gasteiger partial charge in [-0.1, -0.05) is 11.6 Å². The summed E-state index contributed by atoms with van der Waals surface area (Å²) in [6.07, 6.45) is 5.93. The van der Waals surface area contributed by atoms with Crippen LogP contribution in [0.3, 0.4) is 0 Å². The summed E-state index contributed by atoms with van der Waals surface area (Å²) >= 11 is 0. The van der Waals surface area contributed by atoms with Crippen molar-refractivity contribution in [3.05, 3.63) is 17.0 Å². The van der Waals surface area contributed by atoms with E-state index in [0.29, 0.717) is 22.9 Å². The van der Waals surface area contributed by atoms with Gasteiger partial charge in [-0.05, 0) is 44.9 Å². The van der Waals surface area contributed by atoms with E-state index in [1.54, 1.807) is 6.92 Å². The highest BCUT2D eigenvalue weighted by Gasteiger charge is 2.50. The van der Waals surface area contributed by atoms with Gasteiger partial charge >= 0.3 is 0 Å². The van der Waals surface area contributed by atoms with Crippen LogP contribution in [0.5, 0.6) is 0 Å². The number of piperidine rings is 1. The van der Waals surface area contributed by atoms with Crippen molar-refractivity contribution in [2.75, 3.05) is 32.8 Å². The van der Waals surface area contributed by atoms with Crippen LogP contribution in [0.1, 0.15) is 53.9 Å². The maximum atomic E-state index is 12.9. The number of hydrogen-bond acceptors (Lipinski definition) is 5. The van der Waals surface area contributed by atoms with Crippen molar-refractivity contribution < 1.29 is 14.4 Å². The fourth-order valence-corrected chi connectivity index (χ4v) is 5.02. The predicted molar refractivity (Wildman–Crippen MR) is 93.3 cm³/mol. The topological polar surface area (TPSA) is 69.8 Å². The Morgan fingerprint density at radius 2 is 2.04 bits per heavy atom. The van der Waals surface area contributed by atoms with E-state index >= 15 is 0 Å². The van der Waals surface area contributed by atoms with Gasteiger partial charge in [-0.25, -0.2) is 0 Å². The minimum absolute atomic E-state index is 0.0421. The second-order valence-electron chi connectivity index (χ2n) is 8.25. The quantitative estimate of drug-likeness (QED) is 0.905. The van der Waals surface area contributed by atoms with Gasteiger partial charge in [0.2, 0.25) is 0 Å². The van der Waals surface area contributed by atoms with Gasteiger partial charge in [0.15, 0.2) is 0 Å². The largest absolute Gasteiger partial charge is 0.396 e. The fraction of sp³-hybridized carbons (Fsp3) is 0.789. The minimum atomic E-state index is 0.0421. The van der Waals surface area contributed by atoms with Gasteiger partial charge < -0.3 is 14.5 Å². The van der Waals surface area contributed by atoms with Crippen molar-refractivity contribution in [1.29, 1.82) is 0 Å². The molecule has 3 heterocycles. The van der Waals surface area contributed by atoms with E-state index in [1.165, 1.54) is 19.3 Å².